The molecule has 0 saturated carbocycles. The highest BCUT2D eigenvalue weighted by molar-refractivity contribution is 5.74. The standard InChI is InChI=1S/C17H18N2O4/c18-13(17(22)23)8-12-9-14(16(21)10-15(12)20)19-7-6-11-4-2-1-3-5-11/h1-5,7,9-10,13,20-21H,6,8,18H2,(H,22,23)/t13-/m0/s1. The third kappa shape index (κ3) is 4.55. The molecule has 23 heavy (non-hydrogen) atoms. The first-order valence-electron chi connectivity index (χ1n) is 7.07. The lowest BCUT2D eigenvalue weighted by atomic mass is 10.0. The van der Waals surface area contributed by atoms with Crippen LogP contribution in [0.3, 0.4) is 0 Å². The van der Waals surface area contributed by atoms with Crippen molar-refractivity contribution in [3.05, 3.63) is 53.6 Å². The van der Waals surface area contributed by atoms with Gasteiger partial charge in [0, 0.05) is 25.1 Å². The van der Waals surface area contributed by atoms with Gasteiger partial charge in [0.2, 0.25) is 0 Å². The molecule has 0 bridgehead atoms. The maximum Gasteiger partial charge on any atom is 0.320 e. The van der Waals surface area contributed by atoms with Crippen LogP contribution in [0.4, 0.5) is 5.69 Å². The number of carbonyl (C=O) groups is 1. The first kappa shape index (κ1) is 16.5. The van der Waals surface area contributed by atoms with Crippen LogP contribution in [-0.2, 0) is 17.6 Å². The van der Waals surface area contributed by atoms with Crippen LogP contribution in [0.2, 0.25) is 0 Å². The summed E-state index contributed by atoms with van der Waals surface area (Å²) >= 11 is 0. The molecule has 6 nitrogen and oxygen atoms in total. The Balaban J connectivity index is 2.16. The number of nitrogens with zero attached hydrogens (tertiary/aromatic N) is 1. The van der Waals surface area contributed by atoms with Gasteiger partial charge >= 0.3 is 5.97 Å². The van der Waals surface area contributed by atoms with E-state index in [-0.39, 0.29) is 23.6 Å². The normalized spacial score (nSPS) is 12.4. The van der Waals surface area contributed by atoms with Gasteiger partial charge in [-0.15, -0.1) is 0 Å². The van der Waals surface area contributed by atoms with E-state index in [1.807, 2.05) is 30.3 Å². The van der Waals surface area contributed by atoms with Crippen molar-refractivity contribution in [3.63, 3.8) is 0 Å². The third-order valence-corrected chi connectivity index (χ3v) is 3.33. The molecule has 0 spiro atoms. The lowest BCUT2D eigenvalue weighted by molar-refractivity contribution is -0.138. The molecular formula is C17H18N2O4. The number of aliphatic imine (C=N–C) groups is 1. The summed E-state index contributed by atoms with van der Waals surface area (Å²) in [6.45, 7) is 0. The van der Waals surface area contributed by atoms with E-state index >= 15 is 0 Å². The molecule has 5 N–H and O–H groups in total. The summed E-state index contributed by atoms with van der Waals surface area (Å²) in [5.41, 5.74) is 7.12. The topological polar surface area (TPSA) is 116 Å². The Hall–Kier alpha value is -2.86. The second kappa shape index (κ2) is 7.42. The Bertz CT molecular complexity index is 714. The van der Waals surface area contributed by atoms with Crippen molar-refractivity contribution in [2.75, 3.05) is 0 Å². The Labute approximate surface area is 133 Å². The Morgan fingerprint density at radius 1 is 1.17 bits per heavy atom. The maximum absolute atomic E-state index is 10.8. The summed E-state index contributed by atoms with van der Waals surface area (Å²) in [4.78, 5) is 15.0. The minimum Gasteiger partial charge on any atom is -0.508 e. The fraction of sp³-hybridized carbons (Fsp3) is 0.176. The van der Waals surface area contributed by atoms with Crippen LogP contribution in [0.15, 0.2) is 47.5 Å². The van der Waals surface area contributed by atoms with Gasteiger partial charge in [-0.2, -0.15) is 0 Å². The lowest BCUT2D eigenvalue weighted by Crippen LogP contribution is -2.32. The molecule has 0 aliphatic heterocycles. The summed E-state index contributed by atoms with van der Waals surface area (Å²) in [5, 5.41) is 28.5. The molecule has 0 saturated heterocycles. The minimum atomic E-state index is -1.16. The van der Waals surface area contributed by atoms with Gasteiger partial charge in [0.15, 0.2) is 0 Å². The zero-order valence-corrected chi connectivity index (χ0v) is 12.4. The van der Waals surface area contributed by atoms with Crippen LogP contribution in [0.1, 0.15) is 11.1 Å². The molecule has 1 atom stereocenters. The molecular weight excluding hydrogens is 296 g/mol. The Morgan fingerprint density at radius 2 is 1.87 bits per heavy atom. The van der Waals surface area contributed by atoms with Gasteiger partial charge in [-0.3, -0.25) is 9.79 Å². The minimum absolute atomic E-state index is 0.0529. The van der Waals surface area contributed by atoms with Crippen molar-refractivity contribution < 1.29 is 20.1 Å². The molecule has 0 amide bonds. The molecule has 2 aromatic rings. The molecule has 0 aliphatic carbocycles. The molecule has 0 aliphatic rings. The molecule has 2 aromatic carbocycles. The van der Waals surface area contributed by atoms with E-state index < -0.39 is 12.0 Å². The molecule has 0 radical (unpaired) electrons. The van der Waals surface area contributed by atoms with E-state index in [1.165, 1.54) is 6.07 Å². The van der Waals surface area contributed by atoms with Crippen LogP contribution >= 0.6 is 0 Å². The number of benzene rings is 2. The van der Waals surface area contributed by atoms with E-state index in [2.05, 4.69) is 4.99 Å². The number of hydrogen-bond donors (Lipinski definition) is 4. The smallest absolute Gasteiger partial charge is 0.320 e. The van der Waals surface area contributed by atoms with E-state index in [0.717, 1.165) is 11.6 Å². The highest BCUT2D eigenvalue weighted by Crippen LogP contribution is 2.33. The van der Waals surface area contributed by atoms with Gasteiger partial charge < -0.3 is 21.1 Å². The summed E-state index contributed by atoms with van der Waals surface area (Å²) in [5.74, 6) is -1.55. The quantitative estimate of drug-likeness (QED) is 0.609. The van der Waals surface area contributed by atoms with E-state index in [4.69, 9.17) is 10.8 Å². The summed E-state index contributed by atoms with van der Waals surface area (Å²) in [7, 11) is 0. The average molecular weight is 314 g/mol. The fourth-order valence-electron chi connectivity index (χ4n) is 2.06. The SMILES string of the molecule is N[C@@H](Cc1cc(N=CCc2ccccc2)c(O)cc1O)C(=O)O. The maximum atomic E-state index is 10.8. The van der Waals surface area contributed by atoms with Crippen molar-refractivity contribution >= 4 is 17.9 Å². The molecule has 0 heterocycles. The number of hydrogen-bond acceptors (Lipinski definition) is 5. The Morgan fingerprint density at radius 3 is 2.52 bits per heavy atom. The third-order valence-electron chi connectivity index (χ3n) is 3.33. The number of phenols is 2. The van der Waals surface area contributed by atoms with Gasteiger partial charge in [-0.25, -0.2) is 0 Å². The highest BCUT2D eigenvalue weighted by atomic mass is 16.4. The summed E-state index contributed by atoms with van der Waals surface area (Å²) in [6.07, 6.45) is 2.18. The zero-order valence-electron chi connectivity index (χ0n) is 12.4. The van der Waals surface area contributed by atoms with Gasteiger partial charge in [0.1, 0.15) is 23.2 Å². The number of carboxylic acid groups (broad SMARTS) is 1. The summed E-state index contributed by atoms with van der Waals surface area (Å²) in [6, 6.07) is 11.1. The first-order chi connectivity index (χ1) is 11.0. The predicted octanol–water partition coefficient (Wildman–Crippen LogP) is 2.00. The molecule has 2 rings (SSSR count). The number of aliphatic carboxylic acids is 1. The van der Waals surface area contributed by atoms with Crippen LogP contribution in [-0.4, -0.2) is 33.5 Å². The van der Waals surface area contributed by atoms with Crippen LogP contribution in [0.25, 0.3) is 0 Å². The Kier molecular flexibility index (Phi) is 5.32. The predicted molar refractivity (Wildman–Crippen MR) is 87.4 cm³/mol. The second-order valence-electron chi connectivity index (χ2n) is 5.12. The monoisotopic (exact) mass is 314 g/mol. The van der Waals surface area contributed by atoms with Crippen molar-refractivity contribution in [1.29, 1.82) is 0 Å². The van der Waals surface area contributed by atoms with Crippen molar-refractivity contribution in [2.24, 2.45) is 10.7 Å². The van der Waals surface area contributed by atoms with E-state index in [1.54, 1.807) is 6.21 Å². The van der Waals surface area contributed by atoms with Crippen molar-refractivity contribution in [1.82, 2.24) is 0 Å². The molecule has 0 aromatic heterocycles. The number of carboxylic acids is 1. The van der Waals surface area contributed by atoms with Crippen LogP contribution < -0.4 is 5.73 Å². The van der Waals surface area contributed by atoms with E-state index in [9.17, 15) is 15.0 Å². The second-order valence-corrected chi connectivity index (χ2v) is 5.12. The number of nitrogens with two attached hydrogens (primary N) is 1. The average Bonchev–Trinajstić information content (AvgIpc) is 2.52. The molecule has 6 heteroatoms. The molecule has 120 valence electrons. The van der Waals surface area contributed by atoms with Crippen LogP contribution in [0, 0.1) is 0 Å². The summed E-state index contributed by atoms with van der Waals surface area (Å²) < 4.78 is 0. The van der Waals surface area contributed by atoms with Crippen molar-refractivity contribution in [3.8, 4) is 11.5 Å². The number of phenolic OH excluding ortho intramolecular Hbond substituents is 2. The zero-order chi connectivity index (χ0) is 16.8. The largest absolute Gasteiger partial charge is 0.508 e. The lowest BCUT2D eigenvalue weighted by Gasteiger charge is -2.10. The molecule has 0 unspecified atom stereocenters. The van der Waals surface area contributed by atoms with Gasteiger partial charge in [0.25, 0.3) is 0 Å². The van der Waals surface area contributed by atoms with Crippen molar-refractivity contribution in [2.45, 2.75) is 18.9 Å². The van der Waals surface area contributed by atoms with E-state index in [0.29, 0.717) is 12.0 Å². The van der Waals surface area contributed by atoms with Crippen LogP contribution in [0.5, 0.6) is 11.5 Å². The first-order valence-corrected chi connectivity index (χ1v) is 7.07. The fourth-order valence-corrected chi connectivity index (χ4v) is 2.06. The van der Waals surface area contributed by atoms with Gasteiger partial charge in [-0.1, -0.05) is 30.3 Å². The number of rotatable bonds is 6. The number of aromatic hydroxyl groups is 2. The van der Waals surface area contributed by atoms with Gasteiger partial charge in [0.05, 0.1) is 0 Å². The highest BCUT2D eigenvalue weighted by Gasteiger charge is 2.16. The molecule has 0 fully saturated rings. The van der Waals surface area contributed by atoms with Gasteiger partial charge in [-0.05, 0) is 17.2 Å².